The van der Waals surface area contributed by atoms with Gasteiger partial charge in [0.15, 0.2) is 0 Å². The number of aldehydes is 1. The minimum atomic E-state index is -0.719. The summed E-state index contributed by atoms with van der Waals surface area (Å²) in [7, 11) is 3.81. The Balaban J connectivity index is 3.33. The predicted octanol–water partition coefficient (Wildman–Crippen LogP) is 1.57. The SMILES string of the molecule is Cc1cc(N(C)C)nc(C)c1C(C#N)C=O. The first-order chi connectivity index (χ1) is 7.51. The molecule has 1 aromatic heterocycles. The van der Waals surface area contributed by atoms with E-state index in [0.29, 0.717) is 6.29 Å². The molecule has 0 amide bonds. The van der Waals surface area contributed by atoms with Crippen LogP contribution >= 0.6 is 0 Å². The maximum Gasteiger partial charge on any atom is 0.141 e. The Morgan fingerprint density at radius 2 is 2.12 bits per heavy atom. The van der Waals surface area contributed by atoms with E-state index in [2.05, 4.69) is 4.98 Å². The summed E-state index contributed by atoms with van der Waals surface area (Å²) in [5, 5.41) is 8.89. The van der Waals surface area contributed by atoms with Crippen LogP contribution in [-0.2, 0) is 4.79 Å². The molecule has 0 aromatic carbocycles. The Bertz CT molecular complexity index is 423. The van der Waals surface area contributed by atoms with Gasteiger partial charge in [-0.05, 0) is 25.5 Å². The van der Waals surface area contributed by atoms with Crippen LogP contribution in [-0.4, -0.2) is 25.4 Å². The van der Waals surface area contributed by atoms with Gasteiger partial charge in [0.05, 0.1) is 6.07 Å². The molecule has 1 rings (SSSR count). The number of hydrogen-bond acceptors (Lipinski definition) is 4. The summed E-state index contributed by atoms with van der Waals surface area (Å²) in [5.74, 6) is 0.116. The summed E-state index contributed by atoms with van der Waals surface area (Å²) in [4.78, 5) is 17.1. The summed E-state index contributed by atoms with van der Waals surface area (Å²) in [6.45, 7) is 3.72. The summed E-state index contributed by atoms with van der Waals surface area (Å²) in [6, 6.07) is 3.86. The molecule has 0 saturated carbocycles. The number of carbonyl (C=O) groups is 1. The van der Waals surface area contributed by atoms with E-state index in [-0.39, 0.29) is 0 Å². The molecule has 1 unspecified atom stereocenters. The molecule has 84 valence electrons. The van der Waals surface area contributed by atoms with Gasteiger partial charge in [-0.25, -0.2) is 4.98 Å². The fourth-order valence-corrected chi connectivity index (χ4v) is 1.68. The van der Waals surface area contributed by atoms with Crippen molar-refractivity contribution < 1.29 is 4.79 Å². The van der Waals surface area contributed by atoms with Gasteiger partial charge in [-0.2, -0.15) is 5.26 Å². The van der Waals surface area contributed by atoms with Crippen molar-refractivity contribution in [2.45, 2.75) is 19.8 Å². The fraction of sp³-hybridized carbons (Fsp3) is 0.417. The second-order valence-electron chi connectivity index (χ2n) is 3.93. The number of carbonyl (C=O) groups excluding carboxylic acids is 1. The van der Waals surface area contributed by atoms with E-state index in [9.17, 15) is 4.79 Å². The molecule has 0 bridgehead atoms. The van der Waals surface area contributed by atoms with E-state index in [1.165, 1.54) is 0 Å². The highest BCUT2D eigenvalue weighted by atomic mass is 16.1. The van der Waals surface area contributed by atoms with Crippen molar-refractivity contribution in [2.75, 3.05) is 19.0 Å². The number of aromatic nitrogens is 1. The molecule has 1 atom stereocenters. The van der Waals surface area contributed by atoms with Crippen LogP contribution in [0.4, 0.5) is 5.82 Å². The lowest BCUT2D eigenvalue weighted by Gasteiger charge is -2.16. The largest absolute Gasteiger partial charge is 0.363 e. The zero-order chi connectivity index (χ0) is 12.3. The summed E-state index contributed by atoms with van der Waals surface area (Å²) in [6.07, 6.45) is 0.659. The van der Waals surface area contributed by atoms with Crippen molar-refractivity contribution in [3.8, 4) is 6.07 Å². The number of nitrogens with zero attached hydrogens (tertiary/aromatic N) is 3. The first-order valence-corrected chi connectivity index (χ1v) is 5.01. The standard InChI is InChI=1S/C12H15N3O/c1-8-5-11(15(3)4)14-9(2)12(8)10(6-13)7-16/h5,7,10H,1-4H3. The quantitative estimate of drug-likeness (QED) is 0.721. The van der Waals surface area contributed by atoms with Gasteiger partial charge in [0.2, 0.25) is 0 Å². The molecule has 1 aromatic rings. The summed E-state index contributed by atoms with van der Waals surface area (Å²) < 4.78 is 0. The minimum absolute atomic E-state index is 0.659. The van der Waals surface area contributed by atoms with Gasteiger partial charge in [-0.1, -0.05) is 0 Å². The predicted molar refractivity (Wildman–Crippen MR) is 62.5 cm³/mol. The van der Waals surface area contributed by atoms with Crippen LogP contribution in [0, 0.1) is 25.2 Å². The van der Waals surface area contributed by atoms with Crippen molar-refractivity contribution in [1.82, 2.24) is 4.98 Å². The maximum atomic E-state index is 10.8. The average molecular weight is 217 g/mol. The van der Waals surface area contributed by atoms with Gasteiger partial charge in [-0.3, -0.25) is 0 Å². The van der Waals surface area contributed by atoms with Crippen molar-refractivity contribution >= 4 is 12.1 Å². The highest BCUT2D eigenvalue weighted by molar-refractivity contribution is 5.68. The normalized spacial score (nSPS) is 11.7. The Hall–Kier alpha value is -1.89. The zero-order valence-electron chi connectivity index (χ0n) is 9.98. The lowest BCUT2D eigenvalue weighted by molar-refractivity contribution is -0.108. The van der Waals surface area contributed by atoms with Gasteiger partial charge < -0.3 is 9.69 Å². The Labute approximate surface area is 95.5 Å². The van der Waals surface area contributed by atoms with Crippen molar-refractivity contribution in [3.05, 3.63) is 22.9 Å². The Morgan fingerprint density at radius 3 is 2.50 bits per heavy atom. The van der Waals surface area contributed by atoms with Gasteiger partial charge in [0, 0.05) is 25.4 Å². The van der Waals surface area contributed by atoms with Crippen LogP contribution in [0.25, 0.3) is 0 Å². The van der Waals surface area contributed by atoms with Crippen molar-refractivity contribution in [1.29, 1.82) is 5.26 Å². The number of nitriles is 1. The fourth-order valence-electron chi connectivity index (χ4n) is 1.68. The molecule has 0 radical (unpaired) electrons. The molecule has 1 heterocycles. The zero-order valence-corrected chi connectivity index (χ0v) is 9.98. The molecule has 0 aliphatic heterocycles. The highest BCUT2D eigenvalue weighted by Crippen LogP contribution is 2.24. The lowest BCUT2D eigenvalue weighted by atomic mass is 9.96. The summed E-state index contributed by atoms with van der Waals surface area (Å²) >= 11 is 0. The third-order valence-corrected chi connectivity index (χ3v) is 2.49. The molecule has 0 fully saturated rings. The lowest BCUT2D eigenvalue weighted by Crippen LogP contribution is -2.13. The molecule has 0 N–H and O–H groups in total. The Morgan fingerprint density at radius 1 is 1.50 bits per heavy atom. The first kappa shape index (κ1) is 12.2. The molecule has 4 nitrogen and oxygen atoms in total. The van der Waals surface area contributed by atoms with E-state index in [1.54, 1.807) is 0 Å². The minimum Gasteiger partial charge on any atom is -0.363 e. The highest BCUT2D eigenvalue weighted by Gasteiger charge is 2.17. The number of rotatable bonds is 3. The van der Waals surface area contributed by atoms with E-state index in [4.69, 9.17) is 5.26 Å². The molecular weight excluding hydrogens is 202 g/mol. The second kappa shape index (κ2) is 4.75. The monoisotopic (exact) mass is 217 g/mol. The van der Waals surface area contributed by atoms with Crippen LogP contribution in [0.3, 0.4) is 0 Å². The molecule has 0 aliphatic carbocycles. The molecule has 0 aliphatic rings. The molecule has 16 heavy (non-hydrogen) atoms. The molecular formula is C12H15N3O. The number of pyridine rings is 1. The number of anilines is 1. The van der Waals surface area contributed by atoms with Crippen LogP contribution in [0.1, 0.15) is 22.7 Å². The number of hydrogen-bond donors (Lipinski definition) is 0. The van der Waals surface area contributed by atoms with Crippen LogP contribution in [0.5, 0.6) is 0 Å². The second-order valence-corrected chi connectivity index (χ2v) is 3.93. The average Bonchev–Trinajstić information content (AvgIpc) is 2.22. The van der Waals surface area contributed by atoms with E-state index in [0.717, 1.165) is 22.6 Å². The van der Waals surface area contributed by atoms with Gasteiger partial charge in [0.1, 0.15) is 18.0 Å². The molecule has 0 spiro atoms. The third-order valence-electron chi connectivity index (χ3n) is 2.49. The topological polar surface area (TPSA) is 57.0 Å². The van der Waals surface area contributed by atoms with E-state index >= 15 is 0 Å². The third kappa shape index (κ3) is 2.19. The Kier molecular flexibility index (Phi) is 3.62. The number of aryl methyl sites for hydroxylation is 2. The molecule has 0 saturated heterocycles. The van der Waals surface area contributed by atoms with Crippen LogP contribution < -0.4 is 4.90 Å². The van der Waals surface area contributed by atoms with E-state index < -0.39 is 5.92 Å². The van der Waals surface area contributed by atoms with Crippen LogP contribution in [0.15, 0.2) is 6.07 Å². The maximum absolute atomic E-state index is 10.8. The summed E-state index contributed by atoms with van der Waals surface area (Å²) in [5.41, 5.74) is 2.39. The molecule has 4 heteroatoms. The smallest absolute Gasteiger partial charge is 0.141 e. The first-order valence-electron chi connectivity index (χ1n) is 5.01. The van der Waals surface area contributed by atoms with Crippen molar-refractivity contribution in [2.24, 2.45) is 0 Å². The van der Waals surface area contributed by atoms with Gasteiger partial charge in [0.25, 0.3) is 0 Å². The van der Waals surface area contributed by atoms with Crippen LogP contribution in [0.2, 0.25) is 0 Å². The van der Waals surface area contributed by atoms with Gasteiger partial charge in [-0.15, -0.1) is 0 Å². The van der Waals surface area contributed by atoms with Gasteiger partial charge >= 0.3 is 0 Å². The van der Waals surface area contributed by atoms with Crippen molar-refractivity contribution in [3.63, 3.8) is 0 Å². The van der Waals surface area contributed by atoms with E-state index in [1.807, 2.05) is 45.0 Å².